The molecule has 0 spiro atoms. The number of nitrogens with one attached hydrogen (secondary N) is 2. The topological polar surface area (TPSA) is 131 Å². The van der Waals surface area contributed by atoms with Crippen LogP contribution in [0, 0.1) is 0 Å². The van der Waals surface area contributed by atoms with Crippen molar-refractivity contribution in [3.63, 3.8) is 0 Å². The lowest BCUT2D eigenvalue weighted by Crippen LogP contribution is -2.54. The molecule has 0 saturated carbocycles. The molecule has 0 radical (unpaired) electrons. The summed E-state index contributed by atoms with van der Waals surface area (Å²) >= 11 is 0. The minimum atomic E-state index is -0.880. The molecule has 0 aromatic heterocycles. The number of nitrogens with two attached hydrogens (primary N) is 1. The zero-order valence-corrected chi connectivity index (χ0v) is 18.9. The Hall–Kier alpha value is -3.88. The van der Waals surface area contributed by atoms with Gasteiger partial charge in [0.1, 0.15) is 18.7 Å². The third-order valence-electron chi connectivity index (χ3n) is 5.63. The van der Waals surface area contributed by atoms with Gasteiger partial charge in [0.2, 0.25) is 17.7 Å². The SMILES string of the molecule is NC(=O)CNC(=O)[C@H](CCc1ccccc1)NC(=O)[C@@H]1CCCN1C(=O)OCc1ccccc1. The molecule has 2 atom stereocenters. The molecular formula is C25H30N4O5. The summed E-state index contributed by atoms with van der Waals surface area (Å²) in [7, 11) is 0. The number of likely N-dealkylation sites (tertiary alicyclic amines) is 1. The maximum atomic E-state index is 13.1. The van der Waals surface area contributed by atoms with Crippen LogP contribution in [0.5, 0.6) is 0 Å². The van der Waals surface area contributed by atoms with Gasteiger partial charge in [0, 0.05) is 6.54 Å². The molecule has 34 heavy (non-hydrogen) atoms. The van der Waals surface area contributed by atoms with Gasteiger partial charge in [-0.25, -0.2) is 4.79 Å². The third-order valence-corrected chi connectivity index (χ3v) is 5.63. The molecule has 2 aromatic rings. The number of hydrogen-bond donors (Lipinski definition) is 3. The van der Waals surface area contributed by atoms with Crippen molar-refractivity contribution in [3.8, 4) is 0 Å². The zero-order valence-electron chi connectivity index (χ0n) is 18.9. The first-order valence-corrected chi connectivity index (χ1v) is 11.3. The van der Waals surface area contributed by atoms with Crippen molar-refractivity contribution < 1.29 is 23.9 Å². The minimum absolute atomic E-state index is 0.111. The Bertz CT molecular complexity index is 983. The van der Waals surface area contributed by atoms with Crippen molar-refractivity contribution in [1.29, 1.82) is 0 Å². The standard InChI is InChI=1S/C25H30N4O5/c26-22(30)16-27-23(31)20(14-13-18-8-3-1-4-9-18)28-24(32)21-12-7-15-29(21)25(33)34-17-19-10-5-2-6-11-19/h1-6,8-11,20-21H,7,12-17H2,(H2,26,30)(H,27,31)(H,28,32)/t20-,21-/m0/s1. The van der Waals surface area contributed by atoms with Crippen molar-refractivity contribution in [3.05, 3.63) is 71.8 Å². The second-order valence-electron chi connectivity index (χ2n) is 8.16. The van der Waals surface area contributed by atoms with E-state index in [0.717, 1.165) is 11.1 Å². The monoisotopic (exact) mass is 466 g/mol. The first-order valence-electron chi connectivity index (χ1n) is 11.3. The summed E-state index contributed by atoms with van der Waals surface area (Å²) < 4.78 is 5.39. The van der Waals surface area contributed by atoms with Gasteiger partial charge in [-0.05, 0) is 36.8 Å². The number of benzene rings is 2. The Morgan fingerprint density at radius 1 is 1.00 bits per heavy atom. The van der Waals surface area contributed by atoms with E-state index in [2.05, 4.69) is 10.6 Å². The summed E-state index contributed by atoms with van der Waals surface area (Å²) in [6, 6.07) is 17.2. The lowest BCUT2D eigenvalue weighted by atomic mass is 10.0. The quantitative estimate of drug-likeness (QED) is 0.489. The number of carbonyl (C=O) groups excluding carboxylic acids is 4. The first-order chi connectivity index (χ1) is 16.4. The number of rotatable bonds is 10. The van der Waals surface area contributed by atoms with Gasteiger partial charge >= 0.3 is 6.09 Å². The van der Waals surface area contributed by atoms with Crippen LogP contribution in [0.2, 0.25) is 0 Å². The van der Waals surface area contributed by atoms with E-state index < -0.39 is 35.9 Å². The fourth-order valence-electron chi connectivity index (χ4n) is 3.85. The maximum absolute atomic E-state index is 13.1. The zero-order chi connectivity index (χ0) is 24.3. The lowest BCUT2D eigenvalue weighted by Gasteiger charge is -2.26. The highest BCUT2D eigenvalue weighted by Gasteiger charge is 2.36. The van der Waals surface area contributed by atoms with Crippen LogP contribution in [-0.2, 0) is 32.1 Å². The second-order valence-corrected chi connectivity index (χ2v) is 8.16. The van der Waals surface area contributed by atoms with Crippen LogP contribution in [0.3, 0.4) is 0 Å². The van der Waals surface area contributed by atoms with Gasteiger partial charge in [0.25, 0.3) is 0 Å². The van der Waals surface area contributed by atoms with Gasteiger partial charge in [0.15, 0.2) is 0 Å². The van der Waals surface area contributed by atoms with Crippen molar-refractivity contribution >= 4 is 23.8 Å². The van der Waals surface area contributed by atoms with E-state index >= 15 is 0 Å². The van der Waals surface area contributed by atoms with Crippen molar-refractivity contribution in [2.75, 3.05) is 13.1 Å². The van der Waals surface area contributed by atoms with Crippen LogP contribution in [0.4, 0.5) is 4.79 Å². The predicted molar refractivity (Wildman–Crippen MR) is 125 cm³/mol. The number of nitrogens with zero attached hydrogens (tertiary/aromatic N) is 1. The van der Waals surface area contributed by atoms with E-state index in [1.165, 1.54) is 4.90 Å². The van der Waals surface area contributed by atoms with Crippen LogP contribution in [0.25, 0.3) is 0 Å². The molecule has 0 aliphatic carbocycles. The molecule has 0 unspecified atom stereocenters. The van der Waals surface area contributed by atoms with Gasteiger partial charge in [-0.2, -0.15) is 0 Å². The van der Waals surface area contributed by atoms with E-state index in [0.29, 0.717) is 32.2 Å². The molecule has 9 nitrogen and oxygen atoms in total. The Kier molecular flexibility index (Phi) is 9.02. The maximum Gasteiger partial charge on any atom is 0.410 e. The van der Waals surface area contributed by atoms with Gasteiger partial charge in [-0.1, -0.05) is 60.7 Å². The summed E-state index contributed by atoms with van der Waals surface area (Å²) in [5.41, 5.74) is 6.99. The van der Waals surface area contributed by atoms with Crippen LogP contribution in [0.15, 0.2) is 60.7 Å². The number of primary amides is 1. The molecule has 1 aliphatic heterocycles. The molecule has 9 heteroatoms. The van der Waals surface area contributed by atoms with E-state index in [9.17, 15) is 19.2 Å². The number of hydrogen-bond acceptors (Lipinski definition) is 5. The number of aryl methyl sites for hydroxylation is 1. The van der Waals surface area contributed by atoms with E-state index in [4.69, 9.17) is 10.5 Å². The Morgan fingerprint density at radius 3 is 2.29 bits per heavy atom. The molecule has 1 fully saturated rings. The van der Waals surface area contributed by atoms with Crippen LogP contribution >= 0.6 is 0 Å². The molecule has 1 saturated heterocycles. The van der Waals surface area contributed by atoms with Crippen LogP contribution < -0.4 is 16.4 Å². The van der Waals surface area contributed by atoms with Gasteiger partial charge < -0.3 is 21.1 Å². The average molecular weight is 467 g/mol. The highest BCUT2D eigenvalue weighted by molar-refractivity contribution is 5.92. The molecule has 1 heterocycles. The molecule has 4 N–H and O–H groups in total. The molecule has 1 aliphatic rings. The number of amides is 4. The minimum Gasteiger partial charge on any atom is -0.445 e. The average Bonchev–Trinajstić information content (AvgIpc) is 3.35. The summed E-state index contributed by atoms with van der Waals surface area (Å²) in [5.74, 6) is -1.61. The number of ether oxygens (including phenoxy) is 1. The molecule has 2 aromatic carbocycles. The lowest BCUT2D eigenvalue weighted by molar-refractivity contribution is -0.131. The Morgan fingerprint density at radius 2 is 1.65 bits per heavy atom. The van der Waals surface area contributed by atoms with E-state index in [-0.39, 0.29) is 13.2 Å². The molecule has 3 rings (SSSR count). The molecule has 4 amide bonds. The highest BCUT2D eigenvalue weighted by Crippen LogP contribution is 2.19. The van der Waals surface area contributed by atoms with Crippen LogP contribution in [0.1, 0.15) is 30.4 Å². The second kappa shape index (κ2) is 12.4. The normalized spacial score (nSPS) is 15.9. The summed E-state index contributed by atoms with van der Waals surface area (Å²) in [4.78, 5) is 50.8. The Balaban J connectivity index is 1.61. The van der Waals surface area contributed by atoms with Gasteiger partial charge in [0.05, 0.1) is 6.54 Å². The smallest absolute Gasteiger partial charge is 0.410 e. The van der Waals surface area contributed by atoms with Crippen molar-refractivity contribution in [2.45, 2.75) is 44.4 Å². The van der Waals surface area contributed by atoms with Crippen LogP contribution in [-0.4, -0.2) is 53.9 Å². The number of carbonyl (C=O) groups is 4. The summed E-state index contributed by atoms with van der Waals surface area (Å²) in [6.07, 6.45) is 1.43. The molecular weight excluding hydrogens is 436 g/mol. The third kappa shape index (κ3) is 7.33. The van der Waals surface area contributed by atoms with Gasteiger partial charge in [-0.3, -0.25) is 19.3 Å². The summed E-state index contributed by atoms with van der Waals surface area (Å²) in [5, 5.41) is 5.21. The summed E-state index contributed by atoms with van der Waals surface area (Å²) in [6.45, 7) is 0.186. The molecule has 180 valence electrons. The largest absolute Gasteiger partial charge is 0.445 e. The fraction of sp³-hybridized carbons (Fsp3) is 0.360. The molecule has 0 bridgehead atoms. The van der Waals surface area contributed by atoms with Crippen molar-refractivity contribution in [1.82, 2.24) is 15.5 Å². The van der Waals surface area contributed by atoms with Gasteiger partial charge in [-0.15, -0.1) is 0 Å². The highest BCUT2D eigenvalue weighted by atomic mass is 16.6. The van der Waals surface area contributed by atoms with E-state index in [1.807, 2.05) is 60.7 Å². The first kappa shape index (κ1) is 24.8. The Labute approximate surface area is 198 Å². The van der Waals surface area contributed by atoms with Crippen molar-refractivity contribution in [2.24, 2.45) is 5.73 Å². The fourth-order valence-corrected chi connectivity index (χ4v) is 3.85. The van der Waals surface area contributed by atoms with E-state index in [1.54, 1.807) is 0 Å². The predicted octanol–water partition coefficient (Wildman–Crippen LogP) is 1.51.